The second-order valence-electron chi connectivity index (χ2n) is 9.65. The van der Waals surface area contributed by atoms with Gasteiger partial charge >= 0.3 is 6.18 Å². The lowest BCUT2D eigenvalue weighted by atomic mass is 9.88. The van der Waals surface area contributed by atoms with E-state index in [0.29, 0.717) is 25.0 Å². The predicted molar refractivity (Wildman–Crippen MR) is 140 cm³/mol. The Morgan fingerprint density at radius 3 is 2.45 bits per heavy atom. The fourth-order valence-corrected chi connectivity index (χ4v) is 5.29. The third-order valence-electron chi connectivity index (χ3n) is 7.13. The smallest absolute Gasteiger partial charge is 0.353 e. The summed E-state index contributed by atoms with van der Waals surface area (Å²) < 4.78 is 42.0. The molecule has 38 heavy (non-hydrogen) atoms. The van der Waals surface area contributed by atoms with E-state index >= 15 is 0 Å². The highest BCUT2D eigenvalue weighted by Crippen LogP contribution is 2.36. The molecule has 0 fully saturated rings. The Balaban J connectivity index is 1.42. The van der Waals surface area contributed by atoms with Gasteiger partial charge in [0, 0.05) is 35.5 Å². The Morgan fingerprint density at radius 2 is 1.68 bits per heavy atom. The Morgan fingerprint density at radius 1 is 0.974 bits per heavy atom. The summed E-state index contributed by atoms with van der Waals surface area (Å²) in [5, 5.41) is 6.78. The molecule has 2 aromatic heterocycles. The maximum Gasteiger partial charge on any atom is 0.435 e. The van der Waals surface area contributed by atoms with Gasteiger partial charge in [0.15, 0.2) is 5.69 Å². The van der Waals surface area contributed by atoms with Crippen LogP contribution >= 0.6 is 0 Å². The van der Waals surface area contributed by atoms with Crippen LogP contribution in [0.5, 0.6) is 0 Å². The van der Waals surface area contributed by atoms with E-state index in [-0.39, 0.29) is 30.5 Å². The molecule has 196 valence electrons. The van der Waals surface area contributed by atoms with E-state index in [1.807, 2.05) is 67.6 Å². The second-order valence-corrected chi connectivity index (χ2v) is 9.65. The molecule has 1 unspecified atom stereocenters. The van der Waals surface area contributed by atoms with Crippen LogP contribution in [0.1, 0.15) is 52.5 Å². The molecular weight excluding hydrogens is 489 g/mol. The molecule has 1 aliphatic carbocycles. The summed E-state index contributed by atoms with van der Waals surface area (Å²) in [6.07, 6.45) is -0.486. The van der Waals surface area contributed by atoms with E-state index in [4.69, 9.17) is 4.98 Å². The number of halogens is 3. The van der Waals surface area contributed by atoms with Gasteiger partial charge in [-0.15, -0.1) is 0 Å². The lowest BCUT2D eigenvalue weighted by Gasteiger charge is -2.22. The fourth-order valence-electron chi connectivity index (χ4n) is 5.29. The SMILES string of the molecule is Cc1ccccc1-c1cccnc1C(CNC(=O)Cn1nc(C(F)(F)F)c2c1CCCC2)c1ccccc1. The maximum atomic E-state index is 13.6. The molecule has 0 radical (unpaired) electrons. The van der Waals surface area contributed by atoms with Gasteiger partial charge < -0.3 is 5.32 Å². The number of rotatable bonds is 7. The normalized spacial score (nSPS) is 14.1. The topological polar surface area (TPSA) is 59.8 Å². The number of fused-ring (bicyclic) bond motifs is 1. The molecule has 0 bridgehead atoms. The van der Waals surface area contributed by atoms with E-state index in [9.17, 15) is 18.0 Å². The Bertz CT molecular complexity index is 1430. The largest absolute Gasteiger partial charge is 0.435 e. The molecule has 4 aromatic rings. The number of benzene rings is 2. The number of carbonyl (C=O) groups is 1. The zero-order chi connectivity index (χ0) is 26.7. The fraction of sp³-hybridized carbons (Fsp3) is 0.300. The van der Waals surface area contributed by atoms with Crippen molar-refractivity contribution in [3.63, 3.8) is 0 Å². The van der Waals surface area contributed by atoms with Crippen molar-refractivity contribution in [1.82, 2.24) is 20.1 Å². The molecule has 1 N–H and O–H groups in total. The van der Waals surface area contributed by atoms with E-state index in [2.05, 4.69) is 16.5 Å². The molecular formula is C30H29F3N4O. The molecule has 0 saturated carbocycles. The third-order valence-corrected chi connectivity index (χ3v) is 7.13. The summed E-state index contributed by atoms with van der Waals surface area (Å²) >= 11 is 0. The number of amides is 1. The van der Waals surface area contributed by atoms with Gasteiger partial charge in [-0.3, -0.25) is 14.5 Å². The van der Waals surface area contributed by atoms with Crippen LogP contribution in [0.2, 0.25) is 0 Å². The van der Waals surface area contributed by atoms with Gasteiger partial charge in [-0.2, -0.15) is 18.3 Å². The first-order valence-corrected chi connectivity index (χ1v) is 12.8. The molecule has 0 aliphatic heterocycles. The number of carbonyl (C=O) groups excluding carboxylic acids is 1. The van der Waals surface area contributed by atoms with Gasteiger partial charge in [0.25, 0.3) is 0 Å². The minimum atomic E-state index is -4.54. The summed E-state index contributed by atoms with van der Waals surface area (Å²) in [4.78, 5) is 17.8. The van der Waals surface area contributed by atoms with Crippen LogP contribution in [0.15, 0.2) is 72.9 Å². The minimum absolute atomic E-state index is 0.232. The minimum Gasteiger partial charge on any atom is -0.353 e. The van der Waals surface area contributed by atoms with Crippen LogP contribution in [-0.2, 0) is 30.4 Å². The van der Waals surface area contributed by atoms with Crippen molar-refractivity contribution in [2.45, 2.75) is 51.2 Å². The molecule has 1 amide bonds. The Hall–Kier alpha value is -3.94. The average Bonchev–Trinajstić information content (AvgIpc) is 3.29. The van der Waals surface area contributed by atoms with Gasteiger partial charge in [0.2, 0.25) is 5.91 Å². The number of alkyl halides is 3. The highest BCUT2D eigenvalue weighted by atomic mass is 19.4. The first-order valence-electron chi connectivity index (χ1n) is 12.8. The molecule has 0 spiro atoms. The van der Waals surface area contributed by atoms with E-state index in [0.717, 1.165) is 34.4 Å². The quantitative estimate of drug-likeness (QED) is 0.322. The second kappa shape index (κ2) is 10.8. The molecule has 1 aliphatic rings. The maximum absolute atomic E-state index is 13.6. The van der Waals surface area contributed by atoms with Gasteiger partial charge in [-0.1, -0.05) is 60.7 Å². The zero-order valence-corrected chi connectivity index (χ0v) is 21.1. The number of pyridine rings is 1. The van der Waals surface area contributed by atoms with Crippen molar-refractivity contribution in [3.05, 3.63) is 107 Å². The molecule has 2 heterocycles. The molecule has 5 nitrogen and oxygen atoms in total. The van der Waals surface area contributed by atoms with Crippen LogP contribution in [0.4, 0.5) is 13.2 Å². The Labute approximate surface area is 219 Å². The Kier molecular flexibility index (Phi) is 7.31. The number of nitrogens with one attached hydrogen (secondary N) is 1. The van der Waals surface area contributed by atoms with Crippen molar-refractivity contribution in [3.8, 4) is 11.1 Å². The van der Waals surface area contributed by atoms with Crippen molar-refractivity contribution >= 4 is 5.91 Å². The van der Waals surface area contributed by atoms with Gasteiger partial charge in [0.05, 0.1) is 5.69 Å². The predicted octanol–water partition coefficient (Wildman–Crippen LogP) is 6.10. The molecule has 5 rings (SSSR count). The van der Waals surface area contributed by atoms with Crippen molar-refractivity contribution in [1.29, 1.82) is 0 Å². The van der Waals surface area contributed by atoms with E-state index in [1.54, 1.807) is 6.20 Å². The number of aromatic nitrogens is 3. The standard InChI is InChI=1S/C30H29F3N4O/c1-20-10-5-6-13-22(20)23-15-9-17-34-28(23)25(21-11-3-2-4-12-21)18-35-27(38)19-37-26-16-8-7-14-24(26)29(36-37)30(31,32)33/h2-6,9-13,15,17,25H,7-8,14,16,18-19H2,1H3,(H,35,38). The third kappa shape index (κ3) is 5.35. The van der Waals surface area contributed by atoms with Crippen LogP contribution in [0.3, 0.4) is 0 Å². The van der Waals surface area contributed by atoms with Crippen molar-refractivity contribution in [2.75, 3.05) is 6.54 Å². The van der Waals surface area contributed by atoms with Crippen molar-refractivity contribution < 1.29 is 18.0 Å². The number of hydrogen-bond donors (Lipinski definition) is 1. The molecule has 1 atom stereocenters. The van der Waals surface area contributed by atoms with E-state index < -0.39 is 11.9 Å². The van der Waals surface area contributed by atoms with Gasteiger partial charge in [-0.25, -0.2) is 0 Å². The zero-order valence-electron chi connectivity index (χ0n) is 21.1. The molecule has 8 heteroatoms. The average molecular weight is 519 g/mol. The molecule has 2 aromatic carbocycles. The number of aryl methyl sites for hydroxylation is 1. The summed E-state index contributed by atoms with van der Waals surface area (Å²) in [5.41, 5.74) is 4.84. The lowest BCUT2D eigenvalue weighted by molar-refractivity contribution is -0.142. The summed E-state index contributed by atoms with van der Waals surface area (Å²) in [6.45, 7) is 2.03. The first-order chi connectivity index (χ1) is 18.3. The van der Waals surface area contributed by atoms with Crippen LogP contribution in [-0.4, -0.2) is 27.2 Å². The first kappa shape index (κ1) is 25.7. The highest BCUT2D eigenvalue weighted by molar-refractivity contribution is 5.76. The van der Waals surface area contributed by atoms with Gasteiger partial charge in [-0.05, 0) is 55.4 Å². The van der Waals surface area contributed by atoms with E-state index in [1.165, 1.54) is 4.68 Å². The summed E-state index contributed by atoms with van der Waals surface area (Å²) in [6, 6.07) is 21.8. The van der Waals surface area contributed by atoms with Crippen molar-refractivity contribution in [2.24, 2.45) is 0 Å². The lowest BCUT2D eigenvalue weighted by Crippen LogP contribution is -2.33. The van der Waals surface area contributed by atoms with Crippen LogP contribution in [0.25, 0.3) is 11.1 Å². The number of nitrogens with zero attached hydrogens (tertiary/aromatic N) is 3. The summed E-state index contributed by atoms with van der Waals surface area (Å²) in [5.74, 6) is -0.642. The van der Waals surface area contributed by atoms with Crippen LogP contribution < -0.4 is 5.32 Å². The monoisotopic (exact) mass is 518 g/mol. The van der Waals surface area contributed by atoms with Gasteiger partial charge in [0.1, 0.15) is 6.54 Å². The summed E-state index contributed by atoms with van der Waals surface area (Å²) in [7, 11) is 0. The highest BCUT2D eigenvalue weighted by Gasteiger charge is 2.39. The molecule has 0 saturated heterocycles. The van der Waals surface area contributed by atoms with Crippen LogP contribution in [0, 0.1) is 6.92 Å². The number of hydrogen-bond acceptors (Lipinski definition) is 3.